The summed E-state index contributed by atoms with van der Waals surface area (Å²) in [4.78, 5) is 11.4. The third kappa shape index (κ3) is 3.27. The van der Waals surface area contributed by atoms with E-state index in [0.29, 0.717) is 12.0 Å². The Labute approximate surface area is 98.8 Å². The molecular weight excluding hydrogens is 227 g/mol. The minimum absolute atomic E-state index is 0.130. The van der Waals surface area contributed by atoms with Crippen molar-refractivity contribution in [3.05, 3.63) is 29.6 Å². The Morgan fingerprint density at radius 2 is 2.25 bits per heavy atom. The van der Waals surface area contributed by atoms with Crippen LogP contribution in [0, 0.1) is 5.82 Å². The fourth-order valence-electron chi connectivity index (χ4n) is 1.21. The first-order valence-corrected chi connectivity index (χ1v) is 5.34. The van der Waals surface area contributed by atoms with Crippen LogP contribution in [0.15, 0.2) is 18.2 Å². The highest BCUT2D eigenvalue weighted by molar-refractivity contribution is 7.80. The molecule has 0 unspecified atom stereocenters. The molecule has 1 aromatic carbocycles. The number of thiocarbonyl (C=S) groups is 1. The van der Waals surface area contributed by atoms with Gasteiger partial charge in [0.25, 0.3) is 0 Å². The molecular formula is C11H13FN2OS. The normalized spacial score (nSPS) is 9.88. The highest BCUT2D eigenvalue weighted by Gasteiger charge is 2.07. The Hall–Kier alpha value is -1.49. The van der Waals surface area contributed by atoms with Crippen molar-refractivity contribution in [3.63, 3.8) is 0 Å². The number of benzene rings is 1. The molecule has 0 heterocycles. The molecule has 0 saturated carbocycles. The second-order valence-electron chi connectivity index (χ2n) is 3.36. The van der Waals surface area contributed by atoms with Crippen LogP contribution < -0.4 is 11.1 Å². The lowest BCUT2D eigenvalue weighted by Gasteiger charge is -2.07. The Balaban J connectivity index is 2.83. The van der Waals surface area contributed by atoms with Gasteiger partial charge in [-0.3, -0.25) is 4.79 Å². The Kier molecular flexibility index (Phi) is 4.37. The molecule has 0 spiro atoms. The number of carbonyl (C=O) groups is 1. The molecule has 0 radical (unpaired) electrons. The van der Waals surface area contributed by atoms with E-state index in [1.165, 1.54) is 12.1 Å². The summed E-state index contributed by atoms with van der Waals surface area (Å²) in [6.45, 7) is 1.88. The zero-order valence-corrected chi connectivity index (χ0v) is 9.73. The minimum atomic E-state index is -0.533. The van der Waals surface area contributed by atoms with Gasteiger partial charge < -0.3 is 11.1 Å². The van der Waals surface area contributed by atoms with Gasteiger partial charge in [0.05, 0.1) is 5.69 Å². The van der Waals surface area contributed by atoms with Crippen LogP contribution in [0.4, 0.5) is 10.1 Å². The molecule has 0 atom stereocenters. The van der Waals surface area contributed by atoms with Crippen LogP contribution in [0.1, 0.15) is 25.3 Å². The van der Waals surface area contributed by atoms with Crippen LogP contribution in [0.2, 0.25) is 0 Å². The summed E-state index contributed by atoms with van der Waals surface area (Å²) >= 11 is 4.72. The molecule has 1 aromatic rings. The van der Waals surface area contributed by atoms with Crippen molar-refractivity contribution < 1.29 is 9.18 Å². The summed E-state index contributed by atoms with van der Waals surface area (Å²) in [6, 6.07) is 4.24. The van der Waals surface area contributed by atoms with Gasteiger partial charge in [0, 0.05) is 12.0 Å². The highest BCUT2D eigenvalue weighted by Crippen LogP contribution is 2.16. The molecule has 0 aliphatic carbocycles. The van der Waals surface area contributed by atoms with Crippen molar-refractivity contribution in [1.82, 2.24) is 0 Å². The van der Waals surface area contributed by atoms with Crippen molar-refractivity contribution in [2.75, 3.05) is 5.32 Å². The maximum absolute atomic E-state index is 13.5. The van der Waals surface area contributed by atoms with Crippen LogP contribution in [0.25, 0.3) is 0 Å². The summed E-state index contributed by atoms with van der Waals surface area (Å²) in [5, 5.41) is 2.48. The van der Waals surface area contributed by atoms with E-state index in [2.05, 4.69) is 5.32 Å². The lowest BCUT2D eigenvalue weighted by molar-refractivity contribution is -0.116. The Morgan fingerprint density at radius 3 is 2.75 bits per heavy atom. The molecule has 1 rings (SSSR count). The Bertz CT molecular complexity index is 420. The lowest BCUT2D eigenvalue weighted by Crippen LogP contribution is -2.13. The molecule has 0 aliphatic heterocycles. The van der Waals surface area contributed by atoms with Crippen molar-refractivity contribution >= 4 is 28.8 Å². The predicted molar refractivity (Wildman–Crippen MR) is 65.8 cm³/mol. The fraction of sp³-hybridized carbons (Fsp3) is 0.273. The van der Waals surface area contributed by atoms with Gasteiger partial charge in [0.1, 0.15) is 10.8 Å². The molecule has 16 heavy (non-hydrogen) atoms. The van der Waals surface area contributed by atoms with Crippen LogP contribution in [0.5, 0.6) is 0 Å². The first-order chi connectivity index (χ1) is 7.54. The zero-order valence-electron chi connectivity index (χ0n) is 8.92. The largest absolute Gasteiger partial charge is 0.389 e. The monoisotopic (exact) mass is 240 g/mol. The van der Waals surface area contributed by atoms with E-state index in [4.69, 9.17) is 18.0 Å². The maximum atomic E-state index is 13.5. The van der Waals surface area contributed by atoms with E-state index in [0.717, 1.165) is 6.42 Å². The van der Waals surface area contributed by atoms with Gasteiger partial charge in [-0.05, 0) is 24.6 Å². The van der Waals surface area contributed by atoms with Gasteiger partial charge in [0.15, 0.2) is 0 Å². The van der Waals surface area contributed by atoms with Gasteiger partial charge in [0.2, 0.25) is 5.91 Å². The van der Waals surface area contributed by atoms with E-state index < -0.39 is 5.82 Å². The SMILES string of the molecule is CCCC(=O)Nc1ccc(C(N)=S)cc1F. The number of rotatable bonds is 4. The van der Waals surface area contributed by atoms with Crippen molar-refractivity contribution in [2.24, 2.45) is 5.73 Å². The van der Waals surface area contributed by atoms with E-state index in [1.807, 2.05) is 6.92 Å². The van der Waals surface area contributed by atoms with Gasteiger partial charge in [-0.1, -0.05) is 19.1 Å². The first kappa shape index (κ1) is 12.6. The average Bonchev–Trinajstić information content (AvgIpc) is 2.21. The minimum Gasteiger partial charge on any atom is -0.389 e. The van der Waals surface area contributed by atoms with Crippen LogP contribution in [-0.2, 0) is 4.79 Å². The summed E-state index contributed by atoms with van der Waals surface area (Å²) < 4.78 is 13.5. The van der Waals surface area contributed by atoms with Crippen LogP contribution in [-0.4, -0.2) is 10.9 Å². The number of anilines is 1. The summed E-state index contributed by atoms with van der Waals surface area (Å²) in [7, 11) is 0. The predicted octanol–water partition coefficient (Wildman–Crippen LogP) is 2.20. The molecule has 0 aromatic heterocycles. The number of halogens is 1. The van der Waals surface area contributed by atoms with Gasteiger partial charge in [-0.2, -0.15) is 0 Å². The topological polar surface area (TPSA) is 55.1 Å². The second-order valence-corrected chi connectivity index (χ2v) is 3.80. The standard InChI is InChI=1S/C11H13FN2OS/c1-2-3-10(15)14-9-5-4-7(11(13)16)6-8(9)12/h4-6H,2-3H2,1H3,(H2,13,16)(H,14,15). The molecule has 3 nitrogen and oxygen atoms in total. The fourth-order valence-corrected chi connectivity index (χ4v) is 1.34. The van der Waals surface area contributed by atoms with Crippen LogP contribution >= 0.6 is 12.2 Å². The van der Waals surface area contributed by atoms with Crippen molar-refractivity contribution in [2.45, 2.75) is 19.8 Å². The molecule has 0 aliphatic rings. The molecule has 5 heteroatoms. The molecule has 0 fully saturated rings. The molecule has 86 valence electrons. The van der Waals surface area contributed by atoms with E-state index >= 15 is 0 Å². The van der Waals surface area contributed by atoms with Crippen molar-refractivity contribution in [1.29, 1.82) is 0 Å². The lowest BCUT2D eigenvalue weighted by atomic mass is 10.2. The Morgan fingerprint density at radius 1 is 1.56 bits per heavy atom. The van der Waals surface area contributed by atoms with Gasteiger partial charge in [-0.25, -0.2) is 4.39 Å². The zero-order chi connectivity index (χ0) is 12.1. The highest BCUT2D eigenvalue weighted by atomic mass is 32.1. The number of nitrogens with two attached hydrogens (primary N) is 1. The van der Waals surface area contributed by atoms with Gasteiger partial charge in [-0.15, -0.1) is 0 Å². The smallest absolute Gasteiger partial charge is 0.224 e. The van der Waals surface area contributed by atoms with E-state index in [1.54, 1.807) is 6.07 Å². The average molecular weight is 240 g/mol. The van der Waals surface area contributed by atoms with E-state index in [9.17, 15) is 9.18 Å². The number of carbonyl (C=O) groups excluding carboxylic acids is 1. The molecule has 0 saturated heterocycles. The summed E-state index contributed by atoms with van der Waals surface area (Å²) in [5.41, 5.74) is 5.96. The summed E-state index contributed by atoms with van der Waals surface area (Å²) in [6.07, 6.45) is 1.09. The van der Waals surface area contributed by atoms with E-state index in [-0.39, 0.29) is 16.6 Å². The number of hydrogen-bond donors (Lipinski definition) is 2. The summed E-state index contributed by atoms with van der Waals surface area (Å²) in [5.74, 6) is -0.737. The number of amides is 1. The molecule has 3 N–H and O–H groups in total. The third-order valence-corrected chi connectivity index (χ3v) is 2.24. The number of nitrogens with one attached hydrogen (secondary N) is 1. The van der Waals surface area contributed by atoms with Crippen molar-refractivity contribution in [3.8, 4) is 0 Å². The molecule has 0 bridgehead atoms. The quantitative estimate of drug-likeness (QED) is 0.793. The molecule has 1 amide bonds. The van der Waals surface area contributed by atoms with Crippen LogP contribution in [0.3, 0.4) is 0 Å². The number of hydrogen-bond acceptors (Lipinski definition) is 2. The van der Waals surface area contributed by atoms with Gasteiger partial charge >= 0.3 is 0 Å². The third-order valence-electron chi connectivity index (χ3n) is 2.00. The first-order valence-electron chi connectivity index (χ1n) is 4.93. The maximum Gasteiger partial charge on any atom is 0.224 e. The second kappa shape index (κ2) is 5.55.